The van der Waals surface area contributed by atoms with Gasteiger partial charge < -0.3 is 15.2 Å². The van der Waals surface area contributed by atoms with E-state index in [1.165, 1.54) is 42.5 Å². The standard InChI is InChI=1S/C25H19FN2O5/c26-20-11-7-16(8-12-20)14-28-23(29)21(27-25(28)32)13-19-3-1-2-4-22(19)33-15-17-5-9-18(10-6-17)24(30)31/h1-13H,14-15H2,(H,27,32)(H,30,31)/b21-13+. The predicted octanol–water partition coefficient (Wildman–Crippen LogP) is 4.20. The Kier molecular flexibility index (Phi) is 6.17. The molecule has 0 aromatic heterocycles. The highest BCUT2D eigenvalue weighted by molar-refractivity contribution is 6.14. The molecule has 0 saturated carbocycles. The van der Waals surface area contributed by atoms with Crippen LogP contribution in [-0.2, 0) is 17.9 Å². The summed E-state index contributed by atoms with van der Waals surface area (Å²) in [5.74, 6) is -1.41. The van der Waals surface area contributed by atoms with Crippen LogP contribution < -0.4 is 10.1 Å². The van der Waals surface area contributed by atoms with Crippen LogP contribution >= 0.6 is 0 Å². The van der Waals surface area contributed by atoms with Crippen molar-refractivity contribution in [3.05, 3.63) is 107 Å². The third kappa shape index (κ3) is 5.07. The van der Waals surface area contributed by atoms with Gasteiger partial charge in [-0.15, -0.1) is 0 Å². The smallest absolute Gasteiger partial charge is 0.335 e. The van der Waals surface area contributed by atoms with E-state index in [0.717, 1.165) is 10.5 Å². The van der Waals surface area contributed by atoms with E-state index in [4.69, 9.17) is 9.84 Å². The molecule has 4 rings (SSSR count). The third-order valence-corrected chi connectivity index (χ3v) is 5.03. The van der Waals surface area contributed by atoms with Crippen molar-refractivity contribution in [2.75, 3.05) is 0 Å². The van der Waals surface area contributed by atoms with E-state index in [9.17, 15) is 18.8 Å². The molecule has 0 bridgehead atoms. The summed E-state index contributed by atoms with van der Waals surface area (Å²) < 4.78 is 19.0. The minimum Gasteiger partial charge on any atom is -0.488 e. The Bertz CT molecular complexity index is 1240. The van der Waals surface area contributed by atoms with Crippen LogP contribution in [0.1, 0.15) is 27.0 Å². The van der Waals surface area contributed by atoms with Crippen LogP contribution in [-0.4, -0.2) is 27.9 Å². The summed E-state index contributed by atoms with van der Waals surface area (Å²) in [6.07, 6.45) is 1.54. The molecule has 0 aliphatic carbocycles. The second-order valence-corrected chi connectivity index (χ2v) is 7.33. The fourth-order valence-electron chi connectivity index (χ4n) is 3.28. The quantitative estimate of drug-likeness (QED) is 0.419. The summed E-state index contributed by atoms with van der Waals surface area (Å²) >= 11 is 0. The van der Waals surface area contributed by atoms with Crippen molar-refractivity contribution in [2.24, 2.45) is 0 Å². The number of urea groups is 1. The Balaban J connectivity index is 1.48. The molecular formula is C25H19FN2O5. The molecule has 0 atom stereocenters. The number of aromatic carboxylic acids is 1. The van der Waals surface area contributed by atoms with Crippen LogP contribution in [0, 0.1) is 5.82 Å². The van der Waals surface area contributed by atoms with Crippen molar-refractivity contribution in [1.29, 1.82) is 0 Å². The van der Waals surface area contributed by atoms with Gasteiger partial charge in [0, 0.05) is 5.56 Å². The summed E-state index contributed by atoms with van der Waals surface area (Å²) in [6, 6.07) is 18.4. The first-order chi connectivity index (χ1) is 15.9. The number of ether oxygens (including phenoxy) is 1. The molecule has 0 radical (unpaired) electrons. The average molecular weight is 446 g/mol. The van der Waals surface area contributed by atoms with Gasteiger partial charge in [-0.1, -0.05) is 42.5 Å². The minimum atomic E-state index is -1.00. The lowest BCUT2D eigenvalue weighted by Gasteiger charge is -2.12. The lowest BCUT2D eigenvalue weighted by atomic mass is 10.1. The molecule has 3 aromatic carbocycles. The van der Waals surface area contributed by atoms with Crippen molar-refractivity contribution in [1.82, 2.24) is 10.2 Å². The Morgan fingerprint density at radius 1 is 0.970 bits per heavy atom. The highest BCUT2D eigenvalue weighted by atomic mass is 19.1. The molecule has 1 aliphatic rings. The van der Waals surface area contributed by atoms with E-state index in [1.807, 2.05) is 0 Å². The molecule has 2 N–H and O–H groups in total. The summed E-state index contributed by atoms with van der Waals surface area (Å²) in [5.41, 5.74) is 2.28. The number of rotatable bonds is 7. The lowest BCUT2D eigenvalue weighted by Crippen LogP contribution is -2.30. The maximum atomic E-state index is 13.1. The second-order valence-electron chi connectivity index (χ2n) is 7.33. The fraction of sp³-hybridized carbons (Fsp3) is 0.0800. The van der Waals surface area contributed by atoms with E-state index in [2.05, 4.69) is 5.32 Å². The average Bonchev–Trinajstić information content (AvgIpc) is 3.07. The monoisotopic (exact) mass is 446 g/mol. The Morgan fingerprint density at radius 2 is 1.64 bits per heavy atom. The van der Waals surface area contributed by atoms with Crippen LogP contribution in [0.5, 0.6) is 5.75 Å². The number of hydrogen-bond donors (Lipinski definition) is 2. The van der Waals surface area contributed by atoms with Gasteiger partial charge in [0.25, 0.3) is 5.91 Å². The normalized spacial score (nSPS) is 14.5. The first-order valence-corrected chi connectivity index (χ1v) is 10.0. The molecule has 7 nitrogen and oxygen atoms in total. The number of nitrogens with zero attached hydrogens (tertiary/aromatic N) is 1. The van der Waals surface area contributed by atoms with E-state index < -0.39 is 23.7 Å². The topological polar surface area (TPSA) is 95.9 Å². The van der Waals surface area contributed by atoms with Gasteiger partial charge in [0.2, 0.25) is 0 Å². The van der Waals surface area contributed by atoms with Crippen LogP contribution in [0.4, 0.5) is 9.18 Å². The molecule has 1 fully saturated rings. The van der Waals surface area contributed by atoms with Gasteiger partial charge >= 0.3 is 12.0 Å². The zero-order chi connectivity index (χ0) is 23.4. The first-order valence-electron chi connectivity index (χ1n) is 10.0. The van der Waals surface area contributed by atoms with E-state index >= 15 is 0 Å². The maximum Gasteiger partial charge on any atom is 0.335 e. The van der Waals surface area contributed by atoms with E-state index in [-0.39, 0.29) is 24.4 Å². The van der Waals surface area contributed by atoms with Gasteiger partial charge in [0.15, 0.2) is 0 Å². The SMILES string of the molecule is O=C(O)c1ccc(COc2ccccc2/C=C2/NC(=O)N(Cc3ccc(F)cc3)C2=O)cc1. The molecule has 0 spiro atoms. The van der Waals surface area contributed by atoms with Crippen molar-refractivity contribution in [2.45, 2.75) is 13.2 Å². The summed E-state index contributed by atoms with van der Waals surface area (Å²) in [5, 5.41) is 11.6. The molecule has 1 aliphatic heterocycles. The van der Waals surface area contributed by atoms with E-state index in [0.29, 0.717) is 16.9 Å². The lowest BCUT2D eigenvalue weighted by molar-refractivity contribution is -0.123. The third-order valence-electron chi connectivity index (χ3n) is 5.03. The second kappa shape index (κ2) is 9.35. The molecule has 8 heteroatoms. The molecular weight excluding hydrogens is 427 g/mol. The van der Waals surface area contributed by atoms with Crippen molar-refractivity contribution in [3.63, 3.8) is 0 Å². The minimum absolute atomic E-state index is 0.0206. The van der Waals surface area contributed by atoms with Crippen molar-refractivity contribution >= 4 is 24.0 Å². The van der Waals surface area contributed by atoms with Gasteiger partial charge in [0.1, 0.15) is 23.9 Å². The van der Waals surface area contributed by atoms with Gasteiger partial charge in [-0.2, -0.15) is 0 Å². The van der Waals surface area contributed by atoms with Gasteiger partial charge in [-0.25, -0.2) is 14.0 Å². The maximum absolute atomic E-state index is 13.1. The van der Waals surface area contributed by atoms with Crippen LogP contribution in [0.3, 0.4) is 0 Å². The van der Waals surface area contributed by atoms with Crippen molar-refractivity contribution < 1.29 is 28.6 Å². The molecule has 1 heterocycles. The summed E-state index contributed by atoms with van der Waals surface area (Å²) in [6.45, 7) is 0.212. The molecule has 166 valence electrons. The number of carbonyl (C=O) groups excluding carboxylic acids is 2. The van der Waals surface area contributed by atoms with Gasteiger partial charge in [-0.3, -0.25) is 9.69 Å². The number of hydrogen-bond acceptors (Lipinski definition) is 4. The van der Waals surface area contributed by atoms with Crippen LogP contribution in [0.2, 0.25) is 0 Å². The highest BCUT2D eigenvalue weighted by Gasteiger charge is 2.33. The number of carboxylic acid groups (broad SMARTS) is 1. The highest BCUT2D eigenvalue weighted by Crippen LogP contribution is 2.24. The van der Waals surface area contributed by atoms with Gasteiger partial charge in [-0.05, 0) is 47.5 Å². The number of benzene rings is 3. The largest absolute Gasteiger partial charge is 0.488 e. The molecule has 1 saturated heterocycles. The number of carboxylic acids is 1. The molecule has 0 unspecified atom stereocenters. The summed E-state index contributed by atoms with van der Waals surface area (Å²) in [7, 11) is 0. The number of imide groups is 1. The zero-order valence-electron chi connectivity index (χ0n) is 17.3. The van der Waals surface area contributed by atoms with Crippen LogP contribution in [0.25, 0.3) is 6.08 Å². The number of amides is 3. The Hall–Kier alpha value is -4.46. The number of nitrogens with one attached hydrogen (secondary N) is 1. The van der Waals surface area contributed by atoms with E-state index in [1.54, 1.807) is 36.4 Å². The van der Waals surface area contributed by atoms with Crippen molar-refractivity contribution in [3.8, 4) is 5.75 Å². The van der Waals surface area contributed by atoms with Gasteiger partial charge in [0.05, 0.1) is 12.1 Å². The molecule has 33 heavy (non-hydrogen) atoms. The first kappa shape index (κ1) is 21.8. The Labute approximate surface area is 188 Å². The number of para-hydroxylation sites is 1. The van der Waals surface area contributed by atoms with Crippen LogP contribution in [0.15, 0.2) is 78.5 Å². The number of halogens is 1. The predicted molar refractivity (Wildman–Crippen MR) is 118 cm³/mol. The summed E-state index contributed by atoms with van der Waals surface area (Å²) in [4.78, 5) is 37.1. The zero-order valence-corrected chi connectivity index (χ0v) is 17.3. The molecule has 3 amide bonds. The Morgan fingerprint density at radius 3 is 2.33 bits per heavy atom. The number of carbonyl (C=O) groups is 3. The molecule has 3 aromatic rings. The fourth-order valence-corrected chi connectivity index (χ4v) is 3.28.